The summed E-state index contributed by atoms with van der Waals surface area (Å²) >= 11 is 0. The van der Waals surface area contributed by atoms with Gasteiger partial charge in [0.2, 0.25) is 5.91 Å². The van der Waals surface area contributed by atoms with Gasteiger partial charge in [-0.1, -0.05) is 18.2 Å². The Hall–Kier alpha value is -2.82. The molecule has 27 heavy (non-hydrogen) atoms. The first-order valence-corrected chi connectivity index (χ1v) is 9.67. The number of nitrogens with one attached hydrogen (secondary N) is 1. The van der Waals surface area contributed by atoms with Crippen LogP contribution in [-0.2, 0) is 4.79 Å². The zero-order valence-electron chi connectivity index (χ0n) is 15.4. The van der Waals surface area contributed by atoms with Crippen LogP contribution >= 0.6 is 0 Å². The van der Waals surface area contributed by atoms with E-state index < -0.39 is 0 Å². The number of hydrogen-bond acceptors (Lipinski definition) is 3. The fourth-order valence-corrected chi connectivity index (χ4v) is 3.89. The number of rotatable bonds is 5. The van der Waals surface area contributed by atoms with Crippen molar-refractivity contribution >= 4 is 23.2 Å². The Balaban J connectivity index is 1.41. The quantitative estimate of drug-likeness (QED) is 0.853. The molecule has 0 spiro atoms. The molecule has 5 nitrogen and oxygen atoms in total. The Kier molecular flexibility index (Phi) is 4.84. The first-order valence-electron chi connectivity index (χ1n) is 9.67. The highest BCUT2D eigenvalue weighted by molar-refractivity contribution is 6.04. The van der Waals surface area contributed by atoms with Crippen molar-refractivity contribution in [3.05, 3.63) is 59.7 Å². The molecule has 0 unspecified atom stereocenters. The van der Waals surface area contributed by atoms with Crippen LogP contribution in [0.1, 0.15) is 47.5 Å². The normalized spacial score (nSPS) is 21.6. The molecular weight excluding hydrogens is 338 g/mol. The molecule has 1 aliphatic heterocycles. The van der Waals surface area contributed by atoms with Gasteiger partial charge in [0.05, 0.1) is 0 Å². The summed E-state index contributed by atoms with van der Waals surface area (Å²) in [6.45, 7) is 2.11. The number of nitrogens with zero attached hydrogens (tertiary/aromatic N) is 1. The molecule has 2 atom stereocenters. The van der Waals surface area contributed by atoms with Gasteiger partial charge in [-0.2, -0.15) is 0 Å². The predicted molar refractivity (Wildman–Crippen MR) is 107 cm³/mol. The number of carbonyl (C=O) groups excluding carboxylic acids is 2. The van der Waals surface area contributed by atoms with Crippen LogP contribution < -0.4 is 16.0 Å². The van der Waals surface area contributed by atoms with Crippen LogP contribution in [0.25, 0.3) is 0 Å². The van der Waals surface area contributed by atoms with Crippen molar-refractivity contribution < 1.29 is 9.59 Å². The molecular formula is C22H25N3O2. The molecule has 5 heteroatoms. The summed E-state index contributed by atoms with van der Waals surface area (Å²) in [6, 6.07) is 15.5. The lowest BCUT2D eigenvalue weighted by molar-refractivity contribution is -0.119. The molecule has 1 saturated carbocycles. The van der Waals surface area contributed by atoms with Crippen LogP contribution in [0.5, 0.6) is 0 Å². The second-order valence-electron chi connectivity index (χ2n) is 7.53. The molecule has 3 N–H and O–H groups in total. The third-order valence-electron chi connectivity index (χ3n) is 5.58. The van der Waals surface area contributed by atoms with E-state index in [4.69, 9.17) is 5.73 Å². The van der Waals surface area contributed by atoms with E-state index in [2.05, 4.69) is 16.3 Å². The molecule has 1 aliphatic carbocycles. The van der Waals surface area contributed by atoms with Gasteiger partial charge in [0, 0.05) is 35.9 Å². The highest BCUT2D eigenvalue weighted by Gasteiger charge is 2.42. The largest absolute Gasteiger partial charge is 0.372 e. The Labute approximate surface area is 159 Å². The van der Waals surface area contributed by atoms with Gasteiger partial charge in [-0.25, -0.2) is 0 Å². The Morgan fingerprint density at radius 1 is 1.00 bits per heavy atom. The van der Waals surface area contributed by atoms with Crippen molar-refractivity contribution in [2.45, 2.75) is 31.6 Å². The molecule has 1 heterocycles. The van der Waals surface area contributed by atoms with Gasteiger partial charge in [-0.15, -0.1) is 0 Å². The summed E-state index contributed by atoms with van der Waals surface area (Å²) in [4.78, 5) is 26.2. The topological polar surface area (TPSA) is 75.4 Å². The van der Waals surface area contributed by atoms with Crippen LogP contribution in [0.4, 0.5) is 11.4 Å². The molecule has 2 fully saturated rings. The molecule has 1 saturated heterocycles. The monoisotopic (exact) mass is 363 g/mol. The average molecular weight is 363 g/mol. The Morgan fingerprint density at radius 2 is 1.74 bits per heavy atom. The molecule has 2 aromatic carbocycles. The highest BCUT2D eigenvalue weighted by atomic mass is 16.2. The molecule has 0 aromatic heterocycles. The third kappa shape index (κ3) is 3.97. The van der Waals surface area contributed by atoms with E-state index in [1.54, 1.807) is 0 Å². The number of piperidine rings is 1. The van der Waals surface area contributed by atoms with Gasteiger partial charge < -0.3 is 16.0 Å². The highest BCUT2D eigenvalue weighted by Crippen LogP contribution is 2.47. The SMILES string of the molecule is NC(=O)[C@@H]1C[C@H]1c1ccc(NC(=O)c2cccc(N3CCCCC3)c2)cc1. The van der Waals surface area contributed by atoms with Crippen molar-refractivity contribution in [3.63, 3.8) is 0 Å². The van der Waals surface area contributed by atoms with E-state index >= 15 is 0 Å². The van der Waals surface area contributed by atoms with Crippen LogP contribution in [0.3, 0.4) is 0 Å². The lowest BCUT2D eigenvalue weighted by Gasteiger charge is -2.29. The number of benzene rings is 2. The number of nitrogens with two attached hydrogens (primary N) is 1. The first-order chi connectivity index (χ1) is 13.1. The maximum atomic E-state index is 12.6. The van der Waals surface area contributed by atoms with Gasteiger partial charge in [0.25, 0.3) is 5.91 Å². The van der Waals surface area contributed by atoms with Crippen LogP contribution in [0.2, 0.25) is 0 Å². The minimum Gasteiger partial charge on any atom is -0.372 e. The van der Waals surface area contributed by atoms with E-state index in [1.165, 1.54) is 19.3 Å². The maximum absolute atomic E-state index is 12.6. The molecule has 0 bridgehead atoms. The molecule has 4 rings (SSSR count). The summed E-state index contributed by atoms with van der Waals surface area (Å²) in [7, 11) is 0. The van der Waals surface area contributed by atoms with Crippen molar-refractivity contribution in [1.29, 1.82) is 0 Å². The van der Waals surface area contributed by atoms with Gasteiger partial charge in [-0.05, 0) is 67.5 Å². The smallest absolute Gasteiger partial charge is 0.255 e. The third-order valence-corrected chi connectivity index (χ3v) is 5.58. The Bertz CT molecular complexity index is 841. The van der Waals surface area contributed by atoms with Gasteiger partial charge in [0.1, 0.15) is 0 Å². The van der Waals surface area contributed by atoms with E-state index in [0.717, 1.165) is 36.4 Å². The molecule has 140 valence electrons. The lowest BCUT2D eigenvalue weighted by Crippen LogP contribution is -2.29. The van der Waals surface area contributed by atoms with Crippen LogP contribution in [-0.4, -0.2) is 24.9 Å². The van der Waals surface area contributed by atoms with E-state index in [9.17, 15) is 9.59 Å². The standard InChI is InChI=1S/C22H25N3O2/c23-21(26)20-14-19(20)15-7-9-17(10-8-15)24-22(27)16-5-4-6-18(13-16)25-11-2-1-3-12-25/h4-10,13,19-20H,1-3,11-12,14H2,(H2,23,26)(H,24,27)/t19-,20+/m0/s1. The Morgan fingerprint density at radius 3 is 2.41 bits per heavy atom. The molecule has 0 radical (unpaired) electrons. The minimum atomic E-state index is -0.231. The van der Waals surface area contributed by atoms with Crippen molar-refractivity contribution in [2.75, 3.05) is 23.3 Å². The lowest BCUT2D eigenvalue weighted by atomic mass is 10.1. The van der Waals surface area contributed by atoms with E-state index in [-0.39, 0.29) is 23.7 Å². The van der Waals surface area contributed by atoms with Gasteiger partial charge in [0.15, 0.2) is 0 Å². The number of hydrogen-bond donors (Lipinski definition) is 2. The van der Waals surface area contributed by atoms with Crippen molar-refractivity contribution in [3.8, 4) is 0 Å². The minimum absolute atomic E-state index is 0.0389. The van der Waals surface area contributed by atoms with Crippen molar-refractivity contribution in [1.82, 2.24) is 0 Å². The zero-order valence-corrected chi connectivity index (χ0v) is 15.4. The number of anilines is 2. The number of primary amides is 1. The fraction of sp³-hybridized carbons (Fsp3) is 0.364. The summed E-state index contributed by atoms with van der Waals surface area (Å²) in [5, 5.41) is 2.96. The summed E-state index contributed by atoms with van der Waals surface area (Å²) in [6.07, 6.45) is 4.53. The molecule has 2 aliphatic rings. The van der Waals surface area contributed by atoms with Gasteiger partial charge in [-0.3, -0.25) is 9.59 Å². The molecule has 2 amide bonds. The first kappa shape index (κ1) is 17.6. The van der Waals surface area contributed by atoms with Crippen LogP contribution in [0, 0.1) is 5.92 Å². The zero-order chi connectivity index (χ0) is 18.8. The van der Waals surface area contributed by atoms with Crippen LogP contribution in [0.15, 0.2) is 48.5 Å². The summed E-state index contributed by atoms with van der Waals surface area (Å²) < 4.78 is 0. The summed E-state index contributed by atoms with van der Waals surface area (Å²) in [5.41, 5.74) is 8.99. The number of amides is 2. The van der Waals surface area contributed by atoms with E-state index in [0.29, 0.717) is 5.56 Å². The van der Waals surface area contributed by atoms with E-state index in [1.807, 2.05) is 42.5 Å². The molecule has 2 aromatic rings. The average Bonchev–Trinajstić information content (AvgIpc) is 3.51. The van der Waals surface area contributed by atoms with Gasteiger partial charge >= 0.3 is 0 Å². The second kappa shape index (κ2) is 7.43. The summed E-state index contributed by atoms with van der Waals surface area (Å²) in [5.74, 6) is -0.148. The van der Waals surface area contributed by atoms with Crippen molar-refractivity contribution in [2.24, 2.45) is 11.7 Å². The second-order valence-corrected chi connectivity index (χ2v) is 7.53. The number of carbonyl (C=O) groups is 2. The predicted octanol–water partition coefficient (Wildman–Crippen LogP) is 3.52. The fourth-order valence-electron chi connectivity index (χ4n) is 3.89. The maximum Gasteiger partial charge on any atom is 0.255 e.